The fourth-order valence-electron chi connectivity index (χ4n) is 5.27. The number of anilines is 1. The van der Waals surface area contributed by atoms with E-state index in [0.717, 1.165) is 12.0 Å². The Morgan fingerprint density at radius 3 is 2.37 bits per heavy atom. The van der Waals surface area contributed by atoms with Crippen molar-refractivity contribution < 1.29 is 4.39 Å². The fraction of sp³-hybridized carbons (Fsp3) is 0.323. The number of pyridine rings is 1. The van der Waals surface area contributed by atoms with Crippen LogP contribution in [-0.4, -0.2) is 27.1 Å². The van der Waals surface area contributed by atoms with Crippen molar-refractivity contribution in [2.45, 2.75) is 50.6 Å². The summed E-state index contributed by atoms with van der Waals surface area (Å²) >= 11 is 0. The number of aromatic nitrogens is 3. The molecule has 0 unspecified atom stereocenters. The molecule has 1 fully saturated rings. The van der Waals surface area contributed by atoms with E-state index in [1.807, 2.05) is 18.2 Å². The maximum atomic E-state index is 13.6. The summed E-state index contributed by atoms with van der Waals surface area (Å²) < 4.78 is 15.2. The zero-order chi connectivity index (χ0) is 26.3. The molecule has 38 heavy (non-hydrogen) atoms. The van der Waals surface area contributed by atoms with Crippen molar-refractivity contribution in [2.24, 2.45) is 7.05 Å². The topological polar surface area (TPSA) is 71.8 Å². The van der Waals surface area contributed by atoms with E-state index in [1.54, 1.807) is 31.6 Å². The SMILES string of the molecule is Cn1c(NCC[C@H](NC2CCCCC2)c2ccccc2)nc(-c2ccncc2)c(-c2ccc(F)cc2)c1=O. The molecule has 2 N–H and O–H groups in total. The smallest absolute Gasteiger partial charge is 0.263 e. The van der Waals surface area contributed by atoms with E-state index in [1.165, 1.54) is 54.4 Å². The summed E-state index contributed by atoms with van der Waals surface area (Å²) in [5, 5.41) is 7.32. The molecule has 6 nitrogen and oxygen atoms in total. The van der Waals surface area contributed by atoms with Crippen molar-refractivity contribution in [3.05, 3.63) is 101 Å². The minimum Gasteiger partial charge on any atom is -0.355 e. The first-order valence-electron chi connectivity index (χ1n) is 13.4. The average Bonchev–Trinajstić information content (AvgIpc) is 2.97. The molecule has 0 amide bonds. The summed E-state index contributed by atoms with van der Waals surface area (Å²) in [5.74, 6) is 0.147. The summed E-state index contributed by atoms with van der Waals surface area (Å²) in [7, 11) is 1.72. The highest BCUT2D eigenvalue weighted by molar-refractivity contribution is 5.80. The molecule has 0 radical (unpaired) electrons. The molecular formula is C31H34FN5O. The predicted octanol–water partition coefficient (Wildman–Crippen LogP) is 6.11. The Bertz CT molecular complexity index is 1380. The van der Waals surface area contributed by atoms with Crippen LogP contribution < -0.4 is 16.2 Å². The van der Waals surface area contributed by atoms with E-state index in [9.17, 15) is 9.18 Å². The summed E-state index contributed by atoms with van der Waals surface area (Å²) in [6.07, 6.45) is 10.5. The lowest BCUT2D eigenvalue weighted by Crippen LogP contribution is -2.35. The van der Waals surface area contributed by atoms with Crippen molar-refractivity contribution in [3.8, 4) is 22.4 Å². The largest absolute Gasteiger partial charge is 0.355 e. The van der Waals surface area contributed by atoms with Gasteiger partial charge in [-0.1, -0.05) is 61.7 Å². The van der Waals surface area contributed by atoms with E-state index in [0.29, 0.717) is 35.4 Å². The van der Waals surface area contributed by atoms with Gasteiger partial charge in [0, 0.05) is 43.6 Å². The van der Waals surface area contributed by atoms with Gasteiger partial charge in [-0.3, -0.25) is 14.3 Å². The van der Waals surface area contributed by atoms with Gasteiger partial charge in [-0.05, 0) is 54.7 Å². The molecule has 196 valence electrons. The van der Waals surface area contributed by atoms with Crippen LogP contribution in [0.15, 0.2) is 83.9 Å². The van der Waals surface area contributed by atoms with Gasteiger partial charge < -0.3 is 10.6 Å². The van der Waals surface area contributed by atoms with Crippen LogP contribution in [0.2, 0.25) is 0 Å². The van der Waals surface area contributed by atoms with Gasteiger partial charge in [0.2, 0.25) is 5.95 Å². The predicted molar refractivity (Wildman–Crippen MR) is 150 cm³/mol. The highest BCUT2D eigenvalue weighted by Gasteiger charge is 2.21. The average molecular weight is 512 g/mol. The van der Waals surface area contributed by atoms with E-state index >= 15 is 0 Å². The number of nitrogens with zero attached hydrogens (tertiary/aromatic N) is 3. The summed E-state index contributed by atoms with van der Waals surface area (Å²) in [6, 6.07) is 20.9. The molecule has 1 aliphatic rings. The van der Waals surface area contributed by atoms with Gasteiger partial charge in [0.1, 0.15) is 5.82 Å². The first-order chi connectivity index (χ1) is 18.6. The third-order valence-electron chi connectivity index (χ3n) is 7.34. The van der Waals surface area contributed by atoms with Crippen LogP contribution in [-0.2, 0) is 7.05 Å². The minimum absolute atomic E-state index is 0.194. The number of benzene rings is 2. The normalized spacial score (nSPS) is 14.8. The molecule has 0 bridgehead atoms. The molecule has 1 aliphatic carbocycles. The highest BCUT2D eigenvalue weighted by atomic mass is 19.1. The quantitative estimate of drug-likeness (QED) is 0.284. The number of nitrogens with one attached hydrogen (secondary N) is 2. The standard InChI is InChI=1S/C31H34FN5O/c1-37-30(38)28(23-12-14-25(32)15-13-23)29(24-16-19-33-20-17-24)36-31(37)34-21-18-27(22-8-4-2-5-9-22)35-26-10-6-3-7-11-26/h2,4-5,8-9,12-17,19-20,26-27,35H,3,6-7,10-11,18,21H2,1H3,(H,34,36)/t27-/m0/s1. The maximum Gasteiger partial charge on any atom is 0.263 e. The Balaban J connectivity index is 1.42. The Labute approximate surface area is 223 Å². The molecule has 7 heteroatoms. The van der Waals surface area contributed by atoms with Gasteiger partial charge in [0.15, 0.2) is 0 Å². The second-order valence-corrected chi connectivity index (χ2v) is 9.95. The van der Waals surface area contributed by atoms with Crippen LogP contribution in [0, 0.1) is 5.82 Å². The molecule has 4 aromatic rings. The van der Waals surface area contributed by atoms with Crippen molar-refractivity contribution in [1.29, 1.82) is 0 Å². The summed E-state index contributed by atoms with van der Waals surface area (Å²) in [5.41, 5.74) is 3.46. The van der Waals surface area contributed by atoms with Gasteiger partial charge in [-0.2, -0.15) is 0 Å². The zero-order valence-electron chi connectivity index (χ0n) is 21.7. The Morgan fingerprint density at radius 2 is 1.66 bits per heavy atom. The molecule has 2 aromatic carbocycles. The Kier molecular flexibility index (Phi) is 8.24. The van der Waals surface area contributed by atoms with Crippen molar-refractivity contribution >= 4 is 5.95 Å². The Morgan fingerprint density at radius 1 is 0.947 bits per heavy atom. The van der Waals surface area contributed by atoms with Gasteiger partial charge in [0.25, 0.3) is 5.56 Å². The first-order valence-corrected chi connectivity index (χ1v) is 13.4. The van der Waals surface area contributed by atoms with E-state index in [4.69, 9.17) is 4.98 Å². The molecule has 1 atom stereocenters. The van der Waals surface area contributed by atoms with Crippen LogP contribution in [0.4, 0.5) is 10.3 Å². The second-order valence-electron chi connectivity index (χ2n) is 9.95. The van der Waals surface area contributed by atoms with Crippen molar-refractivity contribution in [2.75, 3.05) is 11.9 Å². The monoisotopic (exact) mass is 511 g/mol. The van der Waals surface area contributed by atoms with Crippen LogP contribution in [0.25, 0.3) is 22.4 Å². The molecule has 5 rings (SSSR count). The van der Waals surface area contributed by atoms with Crippen molar-refractivity contribution in [3.63, 3.8) is 0 Å². The fourth-order valence-corrected chi connectivity index (χ4v) is 5.27. The highest BCUT2D eigenvalue weighted by Crippen LogP contribution is 2.29. The molecule has 0 aliphatic heterocycles. The van der Waals surface area contributed by atoms with Gasteiger partial charge in [0.05, 0.1) is 11.3 Å². The lowest BCUT2D eigenvalue weighted by molar-refractivity contribution is 0.332. The number of hydrogen-bond donors (Lipinski definition) is 2. The second kappa shape index (κ2) is 12.1. The third-order valence-corrected chi connectivity index (χ3v) is 7.34. The maximum absolute atomic E-state index is 13.6. The third kappa shape index (κ3) is 6.00. The molecule has 0 saturated heterocycles. The van der Waals surface area contributed by atoms with Crippen LogP contribution >= 0.6 is 0 Å². The van der Waals surface area contributed by atoms with Crippen LogP contribution in [0.5, 0.6) is 0 Å². The molecule has 2 aromatic heterocycles. The molecule has 0 spiro atoms. The van der Waals surface area contributed by atoms with Gasteiger partial charge >= 0.3 is 0 Å². The van der Waals surface area contributed by atoms with Gasteiger partial charge in [-0.15, -0.1) is 0 Å². The number of halogens is 1. The lowest BCUT2D eigenvalue weighted by atomic mass is 9.93. The van der Waals surface area contributed by atoms with Crippen LogP contribution in [0.1, 0.15) is 50.1 Å². The minimum atomic E-state index is -0.350. The zero-order valence-corrected chi connectivity index (χ0v) is 21.7. The first kappa shape index (κ1) is 25.8. The van der Waals surface area contributed by atoms with E-state index in [-0.39, 0.29) is 17.4 Å². The van der Waals surface area contributed by atoms with E-state index in [2.05, 4.69) is 39.9 Å². The lowest BCUT2D eigenvalue weighted by Gasteiger charge is -2.29. The molecular weight excluding hydrogens is 477 g/mol. The van der Waals surface area contributed by atoms with Crippen molar-refractivity contribution in [1.82, 2.24) is 19.9 Å². The number of rotatable bonds is 9. The summed E-state index contributed by atoms with van der Waals surface area (Å²) in [6.45, 7) is 0.644. The summed E-state index contributed by atoms with van der Waals surface area (Å²) in [4.78, 5) is 22.6. The molecule has 2 heterocycles. The van der Waals surface area contributed by atoms with E-state index < -0.39 is 0 Å². The van der Waals surface area contributed by atoms with Gasteiger partial charge in [-0.25, -0.2) is 9.37 Å². The Hall–Kier alpha value is -3.84. The number of hydrogen-bond acceptors (Lipinski definition) is 5. The van der Waals surface area contributed by atoms with Crippen LogP contribution in [0.3, 0.4) is 0 Å². The molecule has 1 saturated carbocycles.